The molecule has 0 aromatic heterocycles. The molecule has 1 aromatic carbocycles. The van der Waals surface area contributed by atoms with Crippen molar-refractivity contribution in [2.75, 3.05) is 0 Å². The van der Waals surface area contributed by atoms with Gasteiger partial charge in [-0.05, 0) is 25.8 Å². The van der Waals surface area contributed by atoms with Gasteiger partial charge in [0.15, 0.2) is 0 Å². The molecule has 0 bridgehead atoms. The molecule has 0 saturated heterocycles. The van der Waals surface area contributed by atoms with Crippen molar-refractivity contribution in [3.63, 3.8) is 0 Å². The molecule has 0 heterocycles. The lowest BCUT2D eigenvalue weighted by atomic mass is 10.0. The molecule has 2 N–H and O–H groups in total. The van der Waals surface area contributed by atoms with E-state index in [1.807, 2.05) is 45.0 Å². The highest BCUT2D eigenvalue weighted by atomic mass is 16.4. The van der Waals surface area contributed by atoms with E-state index in [1.165, 1.54) is 5.56 Å². The van der Waals surface area contributed by atoms with E-state index in [0.717, 1.165) is 12.0 Å². The van der Waals surface area contributed by atoms with E-state index in [0.29, 0.717) is 6.42 Å². The van der Waals surface area contributed by atoms with Crippen LogP contribution in [0.5, 0.6) is 0 Å². The second kappa shape index (κ2) is 6.40. The lowest BCUT2D eigenvalue weighted by Crippen LogP contribution is -2.38. The van der Waals surface area contributed by atoms with E-state index in [2.05, 4.69) is 5.32 Å². The van der Waals surface area contributed by atoms with Crippen LogP contribution in [0, 0.1) is 6.92 Å². The summed E-state index contributed by atoms with van der Waals surface area (Å²) in [5.41, 5.74) is 2.34. The molecule has 2 atom stereocenters. The first-order valence-electron chi connectivity index (χ1n) is 6.10. The highest BCUT2D eigenvalue weighted by Crippen LogP contribution is 2.14. The van der Waals surface area contributed by atoms with Gasteiger partial charge in [-0.2, -0.15) is 0 Å². The molecular formula is C14H21NO2. The van der Waals surface area contributed by atoms with Gasteiger partial charge in [0.25, 0.3) is 0 Å². The average molecular weight is 235 g/mol. The van der Waals surface area contributed by atoms with E-state index in [-0.39, 0.29) is 6.04 Å². The van der Waals surface area contributed by atoms with Crippen LogP contribution in [0.4, 0.5) is 0 Å². The summed E-state index contributed by atoms with van der Waals surface area (Å²) in [5.74, 6) is -0.772. The number of carbonyl (C=O) groups is 1. The largest absolute Gasteiger partial charge is 0.480 e. The highest BCUT2D eigenvalue weighted by Gasteiger charge is 2.18. The fourth-order valence-corrected chi connectivity index (χ4v) is 1.82. The maximum absolute atomic E-state index is 11.0. The normalized spacial score (nSPS) is 14.3. The van der Waals surface area contributed by atoms with Crippen LogP contribution in [0.2, 0.25) is 0 Å². The Labute approximate surface area is 103 Å². The molecule has 0 amide bonds. The lowest BCUT2D eigenvalue weighted by Gasteiger charge is -2.20. The van der Waals surface area contributed by atoms with Gasteiger partial charge in [0.1, 0.15) is 6.04 Å². The maximum atomic E-state index is 11.0. The molecule has 0 aliphatic heterocycles. The third kappa shape index (κ3) is 4.19. The number of nitrogens with one attached hydrogen (secondary N) is 1. The molecule has 3 heteroatoms. The minimum Gasteiger partial charge on any atom is -0.480 e. The molecular weight excluding hydrogens is 214 g/mol. The summed E-state index contributed by atoms with van der Waals surface area (Å²) in [7, 11) is 0. The fourth-order valence-electron chi connectivity index (χ4n) is 1.82. The van der Waals surface area contributed by atoms with Gasteiger partial charge < -0.3 is 5.11 Å². The van der Waals surface area contributed by atoms with Crippen molar-refractivity contribution in [2.24, 2.45) is 0 Å². The monoisotopic (exact) mass is 235 g/mol. The summed E-state index contributed by atoms with van der Waals surface area (Å²) in [6.45, 7) is 6.03. The molecule has 1 aromatic rings. The summed E-state index contributed by atoms with van der Waals surface area (Å²) in [4.78, 5) is 11.0. The van der Waals surface area contributed by atoms with Crippen molar-refractivity contribution in [1.82, 2.24) is 5.32 Å². The van der Waals surface area contributed by atoms with E-state index < -0.39 is 12.0 Å². The summed E-state index contributed by atoms with van der Waals surface area (Å²) < 4.78 is 0. The summed E-state index contributed by atoms with van der Waals surface area (Å²) in [6, 6.07) is 7.77. The van der Waals surface area contributed by atoms with E-state index >= 15 is 0 Å². The molecule has 94 valence electrons. The van der Waals surface area contributed by atoms with Gasteiger partial charge in [-0.15, -0.1) is 0 Å². The van der Waals surface area contributed by atoms with Crippen molar-refractivity contribution in [3.8, 4) is 0 Å². The highest BCUT2D eigenvalue weighted by molar-refractivity contribution is 5.73. The maximum Gasteiger partial charge on any atom is 0.320 e. The molecule has 0 radical (unpaired) electrons. The van der Waals surface area contributed by atoms with E-state index in [9.17, 15) is 4.79 Å². The smallest absolute Gasteiger partial charge is 0.320 e. The Morgan fingerprint density at radius 1 is 1.35 bits per heavy atom. The second-order valence-electron chi connectivity index (χ2n) is 4.48. The van der Waals surface area contributed by atoms with Gasteiger partial charge in [-0.1, -0.05) is 43.2 Å². The van der Waals surface area contributed by atoms with Gasteiger partial charge in [0.05, 0.1) is 0 Å². The molecule has 0 fully saturated rings. The van der Waals surface area contributed by atoms with Crippen LogP contribution in [0.3, 0.4) is 0 Å². The summed E-state index contributed by atoms with van der Waals surface area (Å²) in [6.07, 6.45) is 1.52. The van der Waals surface area contributed by atoms with Gasteiger partial charge >= 0.3 is 5.97 Å². The number of hydrogen-bond acceptors (Lipinski definition) is 2. The quantitative estimate of drug-likeness (QED) is 0.797. The number of aliphatic carboxylic acids is 1. The van der Waals surface area contributed by atoms with Gasteiger partial charge in [0, 0.05) is 6.04 Å². The zero-order chi connectivity index (χ0) is 12.8. The molecule has 0 aliphatic carbocycles. The first-order chi connectivity index (χ1) is 8.04. The van der Waals surface area contributed by atoms with Crippen molar-refractivity contribution >= 4 is 5.97 Å². The van der Waals surface area contributed by atoms with Crippen LogP contribution in [0.25, 0.3) is 0 Å². The number of aryl methyl sites for hydroxylation is 1. The van der Waals surface area contributed by atoms with E-state index in [1.54, 1.807) is 0 Å². The van der Waals surface area contributed by atoms with Crippen LogP contribution in [-0.4, -0.2) is 17.1 Å². The van der Waals surface area contributed by atoms with Gasteiger partial charge in [-0.3, -0.25) is 10.1 Å². The minimum atomic E-state index is -0.772. The second-order valence-corrected chi connectivity index (χ2v) is 4.48. The van der Waals surface area contributed by atoms with E-state index in [4.69, 9.17) is 5.11 Å². The Morgan fingerprint density at radius 2 is 1.94 bits per heavy atom. The van der Waals surface area contributed by atoms with Crippen molar-refractivity contribution in [2.45, 2.75) is 45.7 Å². The minimum absolute atomic E-state index is 0.0586. The van der Waals surface area contributed by atoms with Gasteiger partial charge in [-0.25, -0.2) is 0 Å². The Hall–Kier alpha value is -1.35. The number of rotatable bonds is 6. The first-order valence-corrected chi connectivity index (χ1v) is 6.10. The van der Waals surface area contributed by atoms with Crippen LogP contribution in [0.1, 0.15) is 43.9 Å². The molecule has 0 saturated carbocycles. The summed E-state index contributed by atoms with van der Waals surface area (Å²) in [5, 5.41) is 12.2. The zero-order valence-electron chi connectivity index (χ0n) is 10.7. The number of hydrogen-bond donors (Lipinski definition) is 2. The third-order valence-electron chi connectivity index (χ3n) is 2.90. The summed E-state index contributed by atoms with van der Waals surface area (Å²) >= 11 is 0. The number of benzene rings is 1. The van der Waals surface area contributed by atoms with Crippen LogP contribution >= 0.6 is 0 Å². The molecule has 0 spiro atoms. The Morgan fingerprint density at radius 3 is 2.41 bits per heavy atom. The van der Waals surface area contributed by atoms with Crippen LogP contribution < -0.4 is 5.32 Å². The number of carboxylic acid groups (broad SMARTS) is 1. The lowest BCUT2D eigenvalue weighted by molar-refractivity contribution is -0.139. The topological polar surface area (TPSA) is 49.3 Å². The Bertz CT molecular complexity index is 359. The molecule has 1 rings (SSSR count). The van der Waals surface area contributed by atoms with Gasteiger partial charge in [0.2, 0.25) is 0 Å². The van der Waals surface area contributed by atoms with Crippen LogP contribution in [0.15, 0.2) is 24.3 Å². The Kier molecular flexibility index (Phi) is 5.16. The predicted octanol–water partition coefficient (Wildman–Crippen LogP) is 2.90. The fraction of sp³-hybridized carbons (Fsp3) is 0.500. The first kappa shape index (κ1) is 13.7. The predicted molar refractivity (Wildman–Crippen MR) is 69.1 cm³/mol. The molecule has 3 nitrogen and oxygen atoms in total. The zero-order valence-corrected chi connectivity index (χ0v) is 10.7. The van der Waals surface area contributed by atoms with Crippen LogP contribution in [-0.2, 0) is 4.79 Å². The SMILES string of the molecule is CCCC(NC(C)c1ccc(C)cc1)C(=O)O. The van der Waals surface area contributed by atoms with Crippen molar-refractivity contribution in [1.29, 1.82) is 0 Å². The molecule has 0 aliphatic rings. The Balaban J connectivity index is 2.66. The third-order valence-corrected chi connectivity index (χ3v) is 2.90. The molecule has 17 heavy (non-hydrogen) atoms. The van der Waals surface area contributed by atoms with Crippen molar-refractivity contribution in [3.05, 3.63) is 35.4 Å². The standard InChI is InChI=1S/C14H21NO2/c1-4-5-13(14(16)17)15-11(3)12-8-6-10(2)7-9-12/h6-9,11,13,15H,4-5H2,1-3H3,(H,16,17). The molecule has 2 unspecified atom stereocenters. The number of carboxylic acids is 1. The van der Waals surface area contributed by atoms with Crippen molar-refractivity contribution < 1.29 is 9.90 Å². The average Bonchev–Trinajstić information content (AvgIpc) is 2.29.